The molecule has 15 heteroatoms. The highest BCUT2D eigenvalue weighted by Crippen LogP contribution is 2.68. The Labute approximate surface area is 334 Å². The van der Waals surface area contributed by atoms with E-state index in [0.717, 1.165) is 32.1 Å². The van der Waals surface area contributed by atoms with Crippen LogP contribution in [-0.4, -0.2) is 79.4 Å². The number of fused-ring (bicyclic) bond motifs is 5. The first-order chi connectivity index (χ1) is 27.3. The summed E-state index contributed by atoms with van der Waals surface area (Å²) in [6, 6.07) is 5.07. The van der Waals surface area contributed by atoms with Crippen molar-refractivity contribution in [2.75, 3.05) is 39.6 Å². The SMILES string of the molecule is C[C@H](CCC(=O)OCCOCCOCCN=[N+]=[N-])C1CC[C@H]2[C@@H]3CC[C@@H]4C[C@H](OC(=O)[C@H](CC(=O)O)CC(=O)c5ccc([N+](=O)[O-])cc5)CC[C@]4(C)[C@H]3CC[C@]12C. The lowest BCUT2D eigenvalue weighted by Crippen LogP contribution is -2.54. The van der Waals surface area contributed by atoms with E-state index in [9.17, 15) is 34.4 Å². The molecule has 0 bridgehead atoms. The van der Waals surface area contributed by atoms with E-state index in [4.69, 9.17) is 24.5 Å². The Hall–Kier alpha value is -4.07. The third-order valence-corrected chi connectivity index (χ3v) is 14.3. The fourth-order valence-electron chi connectivity index (χ4n) is 11.4. The van der Waals surface area contributed by atoms with Crippen LogP contribution >= 0.6 is 0 Å². The highest BCUT2D eigenvalue weighted by atomic mass is 16.6. The quantitative estimate of drug-likeness (QED) is 0.0183. The normalized spacial score (nSPS) is 30.0. The predicted molar refractivity (Wildman–Crippen MR) is 208 cm³/mol. The molecule has 1 unspecified atom stereocenters. The summed E-state index contributed by atoms with van der Waals surface area (Å²) in [5, 5.41) is 23.9. The molecule has 0 radical (unpaired) electrons. The van der Waals surface area contributed by atoms with Gasteiger partial charge in [-0.25, -0.2) is 0 Å². The Balaban J connectivity index is 1.08. The van der Waals surface area contributed by atoms with Gasteiger partial charge in [0.2, 0.25) is 0 Å². The Bertz CT molecular complexity index is 1630. The zero-order valence-electron chi connectivity index (χ0n) is 33.7. The number of nitro benzene ring substituents is 1. The minimum absolute atomic E-state index is 0.136. The van der Waals surface area contributed by atoms with Crippen LogP contribution in [-0.2, 0) is 33.3 Å². The van der Waals surface area contributed by atoms with Crippen LogP contribution in [0, 0.1) is 62.4 Å². The number of azide groups is 1. The van der Waals surface area contributed by atoms with Crippen molar-refractivity contribution in [2.24, 2.45) is 57.4 Å². The first kappa shape index (κ1) is 44.0. The summed E-state index contributed by atoms with van der Waals surface area (Å²) in [7, 11) is 0. The summed E-state index contributed by atoms with van der Waals surface area (Å²) in [4.78, 5) is 63.8. The molecule has 5 rings (SSSR count). The number of aliphatic carboxylic acids is 1. The van der Waals surface area contributed by atoms with Crippen molar-refractivity contribution < 1.29 is 48.2 Å². The van der Waals surface area contributed by atoms with Gasteiger partial charge in [-0.05, 0) is 128 Å². The zero-order valence-corrected chi connectivity index (χ0v) is 33.7. The lowest BCUT2D eigenvalue weighted by Gasteiger charge is -2.61. The average Bonchev–Trinajstić information content (AvgIpc) is 3.54. The number of non-ortho nitro benzene ring substituents is 1. The van der Waals surface area contributed by atoms with E-state index in [2.05, 4.69) is 30.8 Å². The summed E-state index contributed by atoms with van der Waals surface area (Å²) < 4.78 is 22.2. The number of Topliss-reactive ketones (excluding diaryl/α,β-unsaturated/α-hetero) is 1. The van der Waals surface area contributed by atoms with Crippen LogP contribution in [0.1, 0.15) is 115 Å². The van der Waals surface area contributed by atoms with E-state index < -0.39 is 35.0 Å². The molecular formula is C42H60N4O11. The Morgan fingerprint density at radius 2 is 1.61 bits per heavy atom. The third kappa shape index (κ3) is 10.9. The van der Waals surface area contributed by atoms with Crippen molar-refractivity contribution in [2.45, 2.75) is 110 Å². The first-order valence-corrected chi connectivity index (χ1v) is 20.8. The zero-order chi connectivity index (χ0) is 41.2. The molecule has 15 nitrogen and oxygen atoms in total. The summed E-state index contributed by atoms with van der Waals surface area (Å²) in [6.07, 6.45) is 9.32. The second-order valence-electron chi connectivity index (χ2n) is 17.4. The standard InChI is InChI=1S/C42H60N4O11/c1-27(4-13-39(50)56-23-22-55-21-20-54-19-18-44-45-43)34-11-12-35-33-10-7-30-26-32(14-16-41(30,2)36(33)15-17-42(34,35)3)57-40(51)29(25-38(48)49)24-37(47)28-5-8-31(9-6-28)46(52)53/h5-6,8-9,27,29-30,32-36H,4,7,10-26H2,1-3H3,(H,48,49)/t27-,29+,30-,32-,33+,34?,35+,36+,41+,42-/m1/s1. The molecule has 4 fully saturated rings. The number of benzene rings is 1. The van der Waals surface area contributed by atoms with E-state index in [1.165, 1.54) is 49.9 Å². The van der Waals surface area contributed by atoms with Gasteiger partial charge in [0.1, 0.15) is 12.7 Å². The van der Waals surface area contributed by atoms with Crippen LogP contribution in [0.3, 0.4) is 0 Å². The van der Waals surface area contributed by atoms with E-state index in [1.54, 1.807) is 0 Å². The maximum absolute atomic E-state index is 13.4. The smallest absolute Gasteiger partial charge is 0.310 e. The first-order valence-electron chi connectivity index (χ1n) is 20.8. The molecule has 4 aliphatic carbocycles. The number of carboxylic acids is 1. The molecule has 4 saturated carbocycles. The van der Waals surface area contributed by atoms with Gasteiger partial charge in [-0.3, -0.25) is 29.3 Å². The molecule has 0 aromatic heterocycles. The number of nitrogens with zero attached hydrogens (tertiary/aromatic N) is 4. The van der Waals surface area contributed by atoms with Crippen LogP contribution in [0.2, 0.25) is 0 Å². The second-order valence-corrected chi connectivity index (χ2v) is 17.4. The number of carbonyl (C=O) groups is 4. The largest absolute Gasteiger partial charge is 0.481 e. The number of carboxylic acid groups (broad SMARTS) is 1. The van der Waals surface area contributed by atoms with Crippen molar-refractivity contribution in [3.63, 3.8) is 0 Å². The maximum atomic E-state index is 13.4. The van der Waals surface area contributed by atoms with Gasteiger partial charge in [0.05, 0.1) is 43.7 Å². The highest BCUT2D eigenvalue weighted by molar-refractivity contribution is 5.98. The van der Waals surface area contributed by atoms with E-state index >= 15 is 0 Å². The molecule has 0 spiro atoms. The van der Waals surface area contributed by atoms with Gasteiger partial charge < -0.3 is 24.1 Å². The number of carbonyl (C=O) groups excluding carboxylic acids is 3. The lowest BCUT2D eigenvalue weighted by molar-refractivity contribution is -0.384. The molecule has 0 saturated heterocycles. The molecule has 0 aliphatic heterocycles. The topological polar surface area (TPSA) is 217 Å². The molecule has 1 aromatic rings. The van der Waals surface area contributed by atoms with Crippen molar-refractivity contribution >= 4 is 29.4 Å². The Morgan fingerprint density at radius 3 is 2.32 bits per heavy atom. The molecule has 0 amide bonds. The van der Waals surface area contributed by atoms with Crippen LogP contribution < -0.4 is 0 Å². The number of hydrogen-bond acceptors (Lipinski definition) is 11. The highest BCUT2D eigenvalue weighted by Gasteiger charge is 2.60. The molecule has 1 aromatic carbocycles. The minimum atomic E-state index is -1.20. The van der Waals surface area contributed by atoms with Crippen LogP contribution in [0.25, 0.3) is 10.4 Å². The number of esters is 2. The van der Waals surface area contributed by atoms with Gasteiger partial charge in [-0.1, -0.05) is 25.9 Å². The van der Waals surface area contributed by atoms with Gasteiger partial charge in [0.25, 0.3) is 5.69 Å². The predicted octanol–water partition coefficient (Wildman–Crippen LogP) is 8.13. The summed E-state index contributed by atoms with van der Waals surface area (Å²) in [5.41, 5.74) is 8.65. The molecule has 57 heavy (non-hydrogen) atoms. The van der Waals surface area contributed by atoms with Crippen LogP contribution in [0.15, 0.2) is 29.4 Å². The molecule has 314 valence electrons. The van der Waals surface area contributed by atoms with Crippen molar-refractivity contribution in [3.8, 4) is 0 Å². The summed E-state index contributed by atoms with van der Waals surface area (Å²) >= 11 is 0. The fourth-order valence-corrected chi connectivity index (χ4v) is 11.4. The van der Waals surface area contributed by atoms with E-state index in [1.807, 2.05) is 0 Å². The minimum Gasteiger partial charge on any atom is -0.481 e. The molecule has 0 heterocycles. The average molecular weight is 797 g/mol. The molecular weight excluding hydrogens is 736 g/mol. The second kappa shape index (κ2) is 20.1. The molecule has 4 aliphatic rings. The summed E-state index contributed by atoms with van der Waals surface area (Å²) in [6.45, 7) is 9.14. The molecule has 1 N–H and O–H groups in total. The number of rotatable bonds is 21. The van der Waals surface area contributed by atoms with Gasteiger partial charge in [-0.15, -0.1) is 0 Å². The van der Waals surface area contributed by atoms with E-state index in [-0.39, 0.29) is 53.7 Å². The summed E-state index contributed by atoms with van der Waals surface area (Å²) in [5.74, 6) is -0.413. The van der Waals surface area contributed by atoms with Gasteiger partial charge in [0, 0.05) is 42.0 Å². The number of nitro groups is 1. The lowest BCUT2D eigenvalue weighted by atomic mass is 9.44. The maximum Gasteiger partial charge on any atom is 0.310 e. The monoisotopic (exact) mass is 796 g/mol. The molecule has 10 atom stereocenters. The van der Waals surface area contributed by atoms with Crippen molar-refractivity contribution in [1.29, 1.82) is 0 Å². The number of ketones is 1. The Morgan fingerprint density at radius 1 is 0.930 bits per heavy atom. The van der Waals surface area contributed by atoms with E-state index in [0.29, 0.717) is 74.8 Å². The number of hydrogen-bond donors (Lipinski definition) is 1. The van der Waals surface area contributed by atoms with Crippen molar-refractivity contribution in [1.82, 2.24) is 0 Å². The number of ether oxygens (including phenoxy) is 4. The van der Waals surface area contributed by atoms with Gasteiger partial charge in [-0.2, -0.15) is 0 Å². The van der Waals surface area contributed by atoms with Gasteiger partial charge >= 0.3 is 17.9 Å². The Kier molecular flexibility index (Phi) is 15.5. The fraction of sp³-hybridized carbons (Fsp3) is 0.762. The van der Waals surface area contributed by atoms with Crippen LogP contribution in [0.5, 0.6) is 0 Å². The van der Waals surface area contributed by atoms with Crippen LogP contribution in [0.4, 0.5) is 5.69 Å². The van der Waals surface area contributed by atoms with Crippen molar-refractivity contribution in [3.05, 3.63) is 50.4 Å². The third-order valence-electron chi connectivity index (χ3n) is 14.3. The van der Waals surface area contributed by atoms with Gasteiger partial charge in [0.15, 0.2) is 5.78 Å².